The number of rotatable bonds is 5. The van der Waals surface area contributed by atoms with Crippen LogP contribution in [0.25, 0.3) is 0 Å². The lowest BCUT2D eigenvalue weighted by Crippen LogP contribution is -2.50. The summed E-state index contributed by atoms with van der Waals surface area (Å²) < 4.78 is 65.9. The number of alkyl halides is 3. The summed E-state index contributed by atoms with van der Waals surface area (Å²) in [6, 6.07) is 11.4. The Balaban J connectivity index is 1.57. The average molecular weight is 441 g/mol. The Morgan fingerprint density at radius 3 is 2.20 bits per heavy atom. The van der Waals surface area contributed by atoms with Crippen LogP contribution in [-0.4, -0.2) is 56.3 Å². The molecule has 1 N–H and O–H groups in total. The zero-order valence-electron chi connectivity index (χ0n) is 16.3. The Hall–Kier alpha value is -2.43. The zero-order valence-corrected chi connectivity index (χ0v) is 17.1. The number of anilines is 1. The van der Waals surface area contributed by atoms with E-state index in [4.69, 9.17) is 0 Å². The van der Waals surface area contributed by atoms with Crippen molar-refractivity contribution in [3.05, 3.63) is 59.7 Å². The van der Waals surface area contributed by atoms with Crippen molar-refractivity contribution in [3.8, 4) is 0 Å². The van der Waals surface area contributed by atoms with Gasteiger partial charge in [0.15, 0.2) is 0 Å². The number of hydrogen-bond donors (Lipinski definition) is 1. The molecule has 6 nitrogen and oxygen atoms in total. The average Bonchev–Trinajstić information content (AvgIpc) is 2.68. The minimum atomic E-state index is -4.57. The fourth-order valence-corrected chi connectivity index (χ4v) is 4.64. The van der Waals surface area contributed by atoms with Gasteiger partial charge in [-0.1, -0.05) is 29.8 Å². The van der Waals surface area contributed by atoms with E-state index in [0.717, 1.165) is 11.6 Å². The van der Waals surface area contributed by atoms with Crippen LogP contribution >= 0.6 is 0 Å². The number of amides is 1. The Morgan fingerprint density at radius 1 is 1.00 bits per heavy atom. The van der Waals surface area contributed by atoms with E-state index < -0.39 is 27.7 Å². The van der Waals surface area contributed by atoms with Crippen LogP contribution in [0.3, 0.4) is 0 Å². The molecule has 0 aliphatic carbocycles. The first kappa shape index (κ1) is 22.3. The maximum atomic E-state index is 13.1. The summed E-state index contributed by atoms with van der Waals surface area (Å²) in [7, 11) is -3.62. The summed E-state index contributed by atoms with van der Waals surface area (Å²) >= 11 is 0. The van der Waals surface area contributed by atoms with Crippen molar-refractivity contribution in [2.75, 3.05) is 38.0 Å². The molecule has 0 unspecified atom stereocenters. The number of hydrogen-bond acceptors (Lipinski definition) is 4. The summed E-state index contributed by atoms with van der Waals surface area (Å²) in [5.41, 5.74) is -0.250. The summed E-state index contributed by atoms with van der Waals surface area (Å²) in [4.78, 5) is 14.2. The second-order valence-corrected chi connectivity index (χ2v) is 9.02. The minimum absolute atomic E-state index is 0.120. The maximum absolute atomic E-state index is 13.1. The Morgan fingerprint density at radius 2 is 1.60 bits per heavy atom. The molecule has 1 amide bonds. The van der Waals surface area contributed by atoms with Crippen molar-refractivity contribution < 1.29 is 26.4 Å². The molecule has 162 valence electrons. The molecule has 1 saturated heterocycles. The van der Waals surface area contributed by atoms with Gasteiger partial charge in [-0.25, -0.2) is 8.42 Å². The number of carbonyl (C=O) groups excluding carboxylic acids is 1. The van der Waals surface area contributed by atoms with Gasteiger partial charge in [0, 0.05) is 26.2 Å². The van der Waals surface area contributed by atoms with Gasteiger partial charge in [-0.3, -0.25) is 9.69 Å². The van der Waals surface area contributed by atoms with Crippen LogP contribution in [0.15, 0.2) is 53.4 Å². The molecular weight excluding hydrogens is 419 g/mol. The van der Waals surface area contributed by atoms with Crippen LogP contribution in [0.5, 0.6) is 0 Å². The van der Waals surface area contributed by atoms with E-state index in [2.05, 4.69) is 5.32 Å². The monoisotopic (exact) mass is 441 g/mol. The molecule has 0 radical (unpaired) electrons. The van der Waals surface area contributed by atoms with Crippen LogP contribution in [0.4, 0.5) is 18.9 Å². The molecule has 1 fully saturated rings. The largest absolute Gasteiger partial charge is 0.418 e. The molecule has 2 aromatic carbocycles. The third kappa shape index (κ3) is 5.18. The van der Waals surface area contributed by atoms with Gasteiger partial charge in [0.25, 0.3) is 0 Å². The van der Waals surface area contributed by atoms with E-state index in [9.17, 15) is 26.4 Å². The summed E-state index contributed by atoms with van der Waals surface area (Å²) in [5.74, 6) is -0.582. The van der Waals surface area contributed by atoms with E-state index in [1.54, 1.807) is 29.2 Å². The Bertz CT molecular complexity index is 1000. The van der Waals surface area contributed by atoms with E-state index in [0.29, 0.717) is 13.1 Å². The highest BCUT2D eigenvalue weighted by Gasteiger charge is 2.34. The maximum Gasteiger partial charge on any atom is 0.418 e. The fourth-order valence-electron chi connectivity index (χ4n) is 3.22. The van der Waals surface area contributed by atoms with E-state index >= 15 is 0 Å². The highest BCUT2D eigenvalue weighted by atomic mass is 32.2. The van der Waals surface area contributed by atoms with Crippen molar-refractivity contribution in [3.63, 3.8) is 0 Å². The highest BCUT2D eigenvalue weighted by Crippen LogP contribution is 2.34. The van der Waals surface area contributed by atoms with Gasteiger partial charge in [-0.2, -0.15) is 17.5 Å². The number of halogens is 3. The minimum Gasteiger partial charge on any atom is -0.324 e. The van der Waals surface area contributed by atoms with Crippen LogP contribution in [0.1, 0.15) is 11.1 Å². The quantitative estimate of drug-likeness (QED) is 0.775. The number of piperazine rings is 1. The van der Waals surface area contributed by atoms with Gasteiger partial charge >= 0.3 is 6.18 Å². The van der Waals surface area contributed by atoms with Crippen molar-refractivity contribution in [2.45, 2.75) is 18.0 Å². The summed E-state index contributed by atoms with van der Waals surface area (Å²) in [6.07, 6.45) is -4.57. The molecular formula is C20H22F3N3O3S. The molecule has 0 bridgehead atoms. The lowest BCUT2D eigenvalue weighted by molar-refractivity contribution is -0.137. The second-order valence-electron chi connectivity index (χ2n) is 7.08. The molecule has 0 saturated carbocycles. The predicted molar refractivity (Wildman–Crippen MR) is 106 cm³/mol. The number of carbonyl (C=O) groups is 1. The molecule has 2 aromatic rings. The SMILES string of the molecule is Cc1ccc(S(=O)(=O)N2CCN(CC(=O)Nc3ccccc3C(F)(F)F)CC2)cc1. The van der Waals surface area contributed by atoms with Crippen molar-refractivity contribution in [1.82, 2.24) is 9.21 Å². The summed E-state index contributed by atoms with van der Waals surface area (Å²) in [6.45, 7) is 2.75. The number of nitrogens with one attached hydrogen (secondary N) is 1. The van der Waals surface area contributed by atoms with Crippen molar-refractivity contribution in [1.29, 1.82) is 0 Å². The van der Waals surface area contributed by atoms with Crippen LogP contribution in [-0.2, 0) is 21.0 Å². The molecule has 1 aliphatic rings. The summed E-state index contributed by atoms with van der Waals surface area (Å²) in [5, 5.41) is 2.30. The molecule has 1 aliphatic heterocycles. The molecule has 10 heteroatoms. The van der Waals surface area contributed by atoms with Gasteiger partial charge < -0.3 is 5.32 Å². The topological polar surface area (TPSA) is 69.7 Å². The molecule has 3 rings (SSSR count). The third-order valence-corrected chi connectivity index (χ3v) is 6.78. The van der Waals surface area contributed by atoms with Gasteiger partial charge in [0.2, 0.25) is 15.9 Å². The number of sulfonamides is 1. The van der Waals surface area contributed by atoms with E-state index in [-0.39, 0.29) is 30.2 Å². The molecule has 0 aromatic heterocycles. The van der Waals surface area contributed by atoms with Crippen molar-refractivity contribution in [2.24, 2.45) is 0 Å². The first-order valence-electron chi connectivity index (χ1n) is 9.32. The third-order valence-electron chi connectivity index (χ3n) is 4.86. The van der Waals surface area contributed by atoms with E-state index in [1.807, 2.05) is 6.92 Å². The Labute approximate surface area is 173 Å². The van der Waals surface area contributed by atoms with Crippen molar-refractivity contribution >= 4 is 21.6 Å². The number of aryl methyl sites for hydroxylation is 1. The van der Waals surface area contributed by atoms with E-state index in [1.165, 1.54) is 22.5 Å². The zero-order chi connectivity index (χ0) is 21.9. The highest BCUT2D eigenvalue weighted by molar-refractivity contribution is 7.89. The van der Waals surface area contributed by atoms with Crippen LogP contribution in [0.2, 0.25) is 0 Å². The van der Waals surface area contributed by atoms with Gasteiger partial charge in [-0.15, -0.1) is 0 Å². The molecule has 1 heterocycles. The predicted octanol–water partition coefficient (Wildman–Crippen LogP) is 2.96. The van der Waals surface area contributed by atoms with Crippen LogP contribution in [0, 0.1) is 6.92 Å². The van der Waals surface area contributed by atoms with Gasteiger partial charge in [0.05, 0.1) is 22.7 Å². The van der Waals surface area contributed by atoms with Gasteiger partial charge in [0.1, 0.15) is 0 Å². The smallest absolute Gasteiger partial charge is 0.324 e. The molecule has 30 heavy (non-hydrogen) atoms. The Kier molecular flexibility index (Phi) is 6.49. The molecule has 0 spiro atoms. The lowest BCUT2D eigenvalue weighted by atomic mass is 10.1. The number of benzene rings is 2. The fraction of sp³-hybridized carbons (Fsp3) is 0.350. The molecule has 0 atom stereocenters. The van der Waals surface area contributed by atoms with Gasteiger partial charge in [-0.05, 0) is 31.2 Å². The first-order valence-corrected chi connectivity index (χ1v) is 10.8. The second kappa shape index (κ2) is 8.75. The lowest BCUT2D eigenvalue weighted by Gasteiger charge is -2.33. The number of para-hydroxylation sites is 1. The van der Waals surface area contributed by atoms with Crippen LogP contribution < -0.4 is 5.32 Å². The normalized spacial score (nSPS) is 16.4. The first-order chi connectivity index (χ1) is 14.1. The number of nitrogens with zero attached hydrogens (tertiary/aromatic N) is 2. The standard InChI is InChI=1S/C20H22F3N3O3S/c1-15-6-8-16(9-7-15)30(28,29)26-12-10-25(11-13-26)14-19(27)24-18-5-3-2-4-17(18)20(21,22)23/h2-9H,10-14H2,1H3,(H,24,27).